The number of esters is 1. The van der Waals surface area contributed by atoms with Crippen LogP contribution in [0.5, 0.6) is 0 Å². The number of carbonyl (C=O) groups is 3. The number of rotatable bonds is 8. The Labute approximate surface area is 204 Å². The third kappa shape index (κ3) is 3.89. The highest BCUT2D eigenvalue weighted by atomic mass is 35.5. The maximum atomic E-state index is 13.9. The predicted molar refractivity (Wildman–Crippen MR) is 126 cm³/mol. The molecule has 0 radical (unpaired) electrons. The molecule has 0 aliphatic carbocycles. The van der Waals surface area contributed by atoms with Crippen LogP contribution in [0.1, 0.15) is 45.6 Å². The van der Waals surface area contributed by atoms with Crippen molar-refractivity contribution in [2.24, 2.45) is 17.8 Å². The number of aliphatic hydroxyl groups is 1. The lowest BCUT2D eigenvalue weighted by molar-refractivity contribution is -0.155. The Balaban J connectivity index is 1.77. The number of para-hydroxylation sites is 1. The first-order valence-electron chi connectivity index (χ1n) is 12.0. The van der Waals surface area contributed by atoms with Gasteiger partial charge in [-0.25, -0.2) is 0 Å². The van der Waals surface area contributed by atoms with E-state index in [0.29, 0.717) is 30.0 Å². The van der Waals surface area contributed by atoms with Crippen LogP contribution in [0.4, 0.5) is 5.69 Å². The molecule has 0 aromatic heterocycles. The summed E-state index contributed by atoms with van der Waals surface area (Å²) in [7, 11) is 0. The quantitative estimate of drug-likeness (QED) is 0.540. The second kappa shape index (κ2) is 9.47. The van der Waals surface area contributed by atoms with Gasteiger partial charge in [-0.3, -0.25) is 14.4 Å². The molecule has 3 aliphatic heterocycles. The molecule has 3 fully saturated rings. The number of aliphatic hydroxyl groups excluding tert-OH is 1. The number of fused-ring (bicyclic) bond motifs is 1. The molecule has 34 heavy (non-hydrogen) atoms. The van der Waals surface area contributed by atoms with Crippen LogP contribution in [0, 0.1) is 24.7 Å². The lowest BCUT2D eigenvalue weighted by Gasteiger charge is -2.37. The zero-order valence-electron chi connectivity index (χ0n) is 20.0. The first kappa shape index (κ1) is 24.9. The monoisotopic (exact) mass is 492 g/mol. The Kier molecular flexibility index (Phi) is 6.95. The minimum atomic E-state index is -1.15. The number of nitrogens with zero attached hydrogens (tertiary/aromatic N) is 1. The molecule has 1 aromatic rings. The molecular formula is C25H33ClN2O6. The summed E-state index contributed by atoms with van der Waals surface area (Å²) in [5.41, 5.74) is 0.107. The van der Waals surface area contributed by atoms with Crippen LogP contribution < -0.4 is 5.32 Å². The van der Waals surface area contributed by atoms with Crippen LogP contribution in [0.3, 0.4) is 0 Å². The molecule has 2 N–H and O–H groups in total. The van der Waals surface area contributed by atoms with Crippen LogP contribution in [-0.4, -0.2) is 64.8 Å². The van der Waals surface area contributed by atoms with Crippen molar-refractivity contribution in [3.63, 3.8) is 0 Å². The third-order valence-electron chi connectivity index (χ3n) is 7.36. The summed E-state index contributed by atoms with van der Waals surface area (Å²) < 4.78 is 11.6. The molecule has 3 aliphatic rings. The maximum Gasteiger partial charge on any atom is 0.312 e. The number of hydrogen-bond acceptors (Lipinski definition) is 6. The number of likely N-dealkylation sites (tertiary alicyclic amines) is 1. The lowest BCUT2D eigenvalue weighted by atomic mass is 9.70. The van der Waals surface area contributed by atoms with Crippen LogP contribution in [0.25, 0.3) is 0 Å². The first-order chi connectivity index (χ1) is 16.2. The predicted octanol–water partition coefficient (Wildman–Crippen LogP) is 2.93. The van der Waals surface area contributed by atoms with Crippen molar-refractivity contribution in [3.8, 4) is 0 Å². The molecule has 186 valence electrons. The molecule has 2 amide bonds. The van der Waals surface area contributed by atoms with E-state index in [1.165, 1.54) is 4.90 Å². The minimum Gasteiger partial charge on any atom is -0.466 e. The summed E-state index contributed by atoms with van der Waals surface area (Å²) in [6, 6.07) is 3.74. The fraction of sp³-hybridized carbons (Fsp3) is 0.640. The molecular weight excluding hydrogens is 460 g/mol. The Morgan fingerprint density at radius 2 is 2.12 bits per heavy atom. The Bertz CT molecular complexity index is 964. The van der Waals surface area contributed by atoms with Gasteiger partial charge in [0, 0.05) is 0 Å². The van der Waals surface area contributed by atoms with E-state index in [4.69, 9.17) is 21.1 Å². The van der Waals surface area contributed by atoms with Crippen molar-refractivity contribution in [2.75, 3.05) is 18.5 Å². The van der Waals surface area contributed by atoms with E-state index >= 15 is 0 Å². The second-order valence-corrected chi connectivity index (χ2v) is 10.3. The number of anilines is 1. The minimum absolute atomic E-state index is 0.176. The van der Waals surface area contributed by atoms with Gasteiger partial charge < -0.3 is 24.8 Å². The van der Waals surface area contributed by atoms with Crippen molar-refractivity contribution >= 4 is 35.1 Å². The Morgan fingerprint density at radius 3 is 2.74 bits per heavy atom. The number of hydrogen-bond donors (Lipinski definition) is 2. The lowest BCUT2D eigenvalue weighted by Crippen LogP contribution is -2.56. The topological polar surface area (TPSA) is 105 Å². The smallest absolute Gasteiger partial charge is 0.312 e. The highest BCUT2D eigenvalue weighted by molar-refractivity contribution is 6.34. The summed E-state index contributed by atoms with van der Waals surface area (Å²) in [6.45, 7) is 7.44. The van der Waals surface area contributed by atoms with Gasteiger partial charge in [-0.1, -0.05) is 37.6 Å². The number of halogens is 1. The molecule has 1 aromatic carbocycles. The summed E-state index contributed by atoms with van der Waals surface area (Å²) >= 11 is 6.36. The zero-order valence-corrected chi connectivity index (χ0v) is 20.8. The van der Waals surface area contributed by atoms with Gasteiger partial charge in [0.2, 0.25) is 11.8 Å². The first-order valence-corrected chi connectivity index (χ1v) is 12.4. The molecule has 4 rings (SSSR count). The van der Waals surface area contributed by atoms with E-state index in [-0.39, 0.29) is 25.0 Å². The highest BCUT2D eigenvalue weighted by Gasteiger charge is 2.75. The number of aryl methyl sites for hydroxylation is 1. The molecule has 8 nitrogen and oxygen atoms in total. The van der Waals surface area contributed by atoms with Crippen molar-refractivity contribution in [1.82, 2.24) is 4.90 Å². The summed E-state index contributed by atoms with van der Waals surface area (Å²) in [4.78, 5) is 42.1. The largest absolute Gasteiger partial charge is 0.466 e. The van der Waals surface area contributed by atoms with Crippen LogP contribution in [0.2, 0.25) is 5.02 Å². The molecule has 3 heterocycles. The van der Waals surface area contributed by atoms with Gasteiger partial charge in [-0.15, -0.1) is 0 Å². The highest BCUT2D eigenvalue weighted by Crippen LogP contribution is 2.59. The Morgan fingerprint density at radius 1 is 1.38 bits per heavy atom. The number of amides is 2. The maximum absolute atomic E-state index is 13.9. The SMILES string of the molecule is CCOC(=O)[C@@H]1[C@@H]2CC[C@]3(O2)[C@H](C(=O)Nc2c(C)cccc2Cl)N([C@@H](CO)CC(C)C)C(=O)[C@@H]13. The fourth-order valence-electron chi connectivity index (χ4n) is 6.09. The third-order valence-corrected chi connectivity index (χ3v) is 7.68. The van der Waals surface area contributed by atoms with E-state index in [0.717, 1.165) is 5.56 Å². The normalized spacial score (nSPS) is 30.6. The summed E-state index contributed by atoms with van der Waals surface area (Å²) in [5.74, 6) is -2.65. The molecule has 3 saturated heterocycles. The molecule has 1 spiro atoms. The van der Waals surface area contributed by atoms with Gasteiger partial charge in [0.15, 0.2) is 0 Å². The van der Waals surface area contributed by atoms with Crippen molar-refractivity contribution in [3.05, 3.63) is 28.8 Å². The van der Waals surface area contributed by atoms with E-state index in [9.17, 15) is 19.5 Å². The van der Waals surface area contributed by atoms with Crippen molar-refractivity contribution in [1.29, 1.82) is 0 Å². The second-order valence-electron chi connectivity index (χ2n) is 9.94. The van der Waals surface area contributed by atoms with Gasteiger partial charge in [-0.2, -0.15) is 0 Å². The van der Waals surface area contributed by atoms with Gasteiger partial charge >= 0.3 is 5.97 Å². The van der Waals surface area contributed by atoms with Crippen molar-refractivity contribution in [2.45, 2.75) is 70.7 Å². The van der Waals surface area contributed by atoms with Crippen LogP contribution >= 0.6 is 11.6 Å². The fourth-order valence-corrected chi connectivity index (χ4v) is 6.36. The molecule has 0 saturated carbocycles. The van der Waals surface area contributed by atoms with Crippen LogP contribution in [-0.2, 0) is 23.9 Å². The molecule has 6 atom stereocenters. The van der Waals surface area contributed by atoms with Gasteiger partial charge in [0.25, 0.3) is 0 Å². The molecule has 2 bridgehead atoms. The molecule has 9 heteroatoms. The van der Waals surface area contributed by atoms with E-state index < -0.39 is 47.5 Å². The van der Waals surface area contributed by atoms with Gasteiger partial charge in [0.05, 0.1) is 47.9 Å². The van der Waals surface area contributed by atoms with E-state index in [1.807, 2.05) is 26.8 Å². The average molecular weight is 493 g/mol. The Hall–Kier alpha value is -2.16. The summed E-state index contributed by atoms with van der Waals surface area (Å²) in [5, 5.41) is 13.6. The number of carbonyl (C=O) groups excluding carboxylic acids is 3. The van der Waals surface area contributed by atoms with Crippen molar-refractivity contribution < 1.29 is 29.0 Å². The zero-order chi connectivity index (χ0) is 24.8. The van der Waals surface area contributed by atoms with Gasteiger partial charge in [0.1, 0.15) is 11.6 Å². The number of ether oxygens (including phenoxy) is 2. The van der Waals surface area contributed by atoms with E-state index in [2.05, 4.69) is 5.32 Å². The standard InChI is InChI=1S/C25H33ClN2O6/c1-5-33-24(32)18-17-9-10-25(34-17)19(18)23(31)28(15(12-29)11-13(2)3)21(25)22(30)27-20-14(4)7-6-8-16(20)26/h6-8,13,15,17-19,21,29H,5,9-12H2,1-4H3,(H,27,30)/t15-,17+,18-,19-,21+,25-/m1/s1. The van der Waals surface area contributed by atoms with Crippen LogP contribution in [0.15, 0.2) is 18.2 Å². The average Bonchev–Trinajstić information content (AvgIpc) is 3.42. The molecule has 0 unspecified atom stereocenters. The number of nitrogens with one attached hydrogen (secondary N) is 1. The van der Waals surface area contributed by atoms with E-state index in [1.54, 1.807) is 19.1 Å². The summed E-state index contributed by atoms with van der Waals surface area (Å²) in [6.07, 6.45) is 1.07. The number of benzene rings is 1. The van der Waals surface area contributed by atoms with Gasteiger partial charge in [-0.05, 0) is 50.7 Å².